The molecular formula is C28H39N. The molecule has 0 aromatic carbocycles. The highest BCUT2D eigenvalue weighted by Gasteiger charge is 2.56. The Morgan fingerprint density at radius 3 is 2.72 bits per heavy atom. The van der Waals surface area contributed by atoms with E-state index in [1.165, 1.54) is 62.5 Å². The molecule has 1 aromatic rings. The summed E-state index contributed by atoms with van der Waals surface area (Å²) in [6, 6.07) is 4.36. The van der Waals surface area contributed by atoms with Gasteiger partial charge in [0.15, 0.2) is 0 Å². The lowest BCUT2D eigenvalue weighted by molar-refractivity contribution is -0.0145. The van der Waals surface area contributed by atoms with Crippen LogP contribution >= 0.6 is 0 Å². The maximum atomic E-state index is 4.42. The van der Waals surface area contributed by atoms with Gasteiger partial charge < -0.3 is 0 Å². The highest BCUT2D eigenvalue weighted by molar-refractivity contribution is 5.72. The third kappa shape index (κ3) is 2.99. The van der Waals surface area contributed by atoms with Gasteiger partial charge in [-0.1, -0.05) is 43.2 Å². The van der Waals surface area contributed by atoms with Crippen molar-refractivity contribution in [2.24, 2.45) is 34.5 Å². The molecule has 0 saturated heterocycles. The minimum absolute atomic E-state index is 0. The van der Waals surface area contributed by atoms with Gasteiger partial charge >= 0.3 is 0 Å². The van der Waals surface area contributed by atoms with Crippen molar-refractivity contribution in [3.05, 3.63) is 60.0 Å². The molecule has 0 radical (unpaired) electrons. The van der Waals surface area contributed by atoms with Gasteiger partial charge in [0, 0.05) is 13.8 Å². The van der Waals surface area contributed by atoms with Crippen LogP contribution in [0.15, 0.2) is 54.4 Å². The molecule has 1 heteroatoms. The normalized spacial score (nSPS) is 40.9. The second kappa shape index (κ2) is 6.96. The van der Waals surface area contributed by atoms with E-state index in [1.54, 1.807) is 11.1 Å². The molecule has 0 aliphatic heterocycles. The monoisotopic (exact) mass is 389 g/mol. The van der Waals surface area contributed by atoms with Crippen molar-refractivity contribution < 1.29 is 1.43 Å². The van der Waals surface area contributed by atoms with E-state index in [9.17, 15) is 0 Å². The van der Waals surface area contributed by atoms with E-state index in [-0.39, 0.29) is 1.43 Å². The molecule has 4 aliphatic carbocycles. The van der Waals surface area contributed by atoms with Crippen molar-refractivity contribution in [2.75, 3.05) is 0 Å². The zero-order valence-electron chi connectivity index (χ0n) is 18.6. The Morgan fingerprint density at radius 1 is 1.14 bits per heavy atom. The number of pyridine rings is 1. The molecule has 6 atom stereocenters. The van der Waals surface area contributed by atoms with Crippen LogP contribution in [0.2, 0.25) is 0 Å². The molecule has 6 unspecified atom stereocenters. The summed E-state index contributed by atoms with van der Waals surface area (Å²) >= 11 is 0. The number of aromatic nitrogens is 1. The number of allylic oxidation sites excluding steroid dienone is 5. The summed E-state index contributed by atoms with van der Waals surface area (Å²) in [6.07, 6.45) is 19.9. The third-order valence-electron chi connectivity index (χ3n) is 9.40. The fraction of sp³-hybridized carbons (Fsp3) is 0.607. The van der Waals surface area contributed by atoms with Crippen LogP contribution in [0.1, 0.15) is 79.1 Å². The van der Waals surface area contributed by atoms with Crippen LogP contribution in [0, 0.1) is 34.5 Å². The van der Waals surface area contributed by atoms with Gasteiger partial charge in [0.2, 0.25) is 0 Å². The van der Waals surface area contributed by atoms with Crippen molar-refractivity contribution in [3.63, 3.8) is 0 Å². The Morgan fingerprint density at radius 2 is 1.97 bits per heavy atom. The predicted molar refractivity (Wildman–Crippen MR) is 124 cm³/mol. The number of hydrogen-bond acceptors (Lipinski definition) is 1. The average Bonchev–Trinajstić information content (AvgIpc) is 3.06. The Hall–Kier alpha value is -1.63. The Balaban J connectivity index is 0.00000218. The first-order valence-electron chi connectivity index (χ1n) is 11.9. The van der Waals surface area contributed by atoms with E-state index in [2.05, 4.69) is 62.8 Å². The summed E-state index contributed by atoms with van der Waals surface area (Å²) in [6.45, 7) is 11.6. The van der Waals surface area contributed by atoms with Gasteiger partial charge in [0.05, 0.1) is 0 Å². The van der Waals surface area contributed by atoms with Crippen LogP contribution in [-0.4, -0.2) is 4.98 Å². The quantitative estimate of drug-likeness (QED) is 0.479. The van der Waals surface area contributed by atoms with Crippen LogP contribution < -0.4 is 0 Å². The van der Waals surface area contributed by atoms with Crippen LogP contribution in [0.4, 0.5) is 0 Å². The van der Waals surface area contributed by atoms with Gasteiger partial charge in [-0.2, -0.15) is 0 Å². The van der Waals surface area contributed by atoms with E-state index in [0.717, 1.165) is 23.7 Å². The molecule has 1 aromatic heterocycles. The fourth-order valence-corrected chi connectivity index (χ4v) is 7.94. The molecule has 4 aliphatic rings. The van der Waals surface area contributed by atoms with E-state index < -0.39 is 0 Å². The molecular weight excluding hydrogens is 350 g/mol. The standard InChI is InChI=1S/C28H37N.H2/c1-19(2)16-20-11-13-27(3)22(17-20)7-8-23-25-10-9-24(21-6-5-15-29-18-21)28(25,4)14-12-26(23)27;/h5-7,9,15,18,20,23,25-26H,1,8,10-14,16-17H2,2-4H3;1H. The topological polar surface area (TPSA) is 12.9 Å². The van der Waals surface area contributed by atoms with Crippen molar-refractivity contribution in [1.29, 1.82) is 0 Å². The zero-order chi connectivity index (χ0) is 20.2. The van der Waals surface area contributed by atoms with E-state index >= 15 is 0 Å². The second-order valence-electron chi connectivity index (χ2n) is 11.1. The van der Waals surface area contributed by atoms with Crippen molar-refractivity contribution in [3.8, 4) is 0 Å². The van der Waals surface area contributed by atoms with E-state index in [0.29, 0.717) is 10.8 Å². The van der Waals surface area contributed by atoms with Gasteiger partial charge in [-0.15, -0.1) is 6.58 Å². The van der Waals surface area contributed by atoms with Crippen molar-refractivity contribution in [1.82, 2.24) is 4.98 Å². The minimum atomic E-state index is 0. The number of fused-ring (bicyclic) bond motifs is 5. The second-order valence-corrected chi connectivity index (χ2v) is 11.1. The molecule has 2 fully saturated rings. The summed E-state index contributed by atoms with van der Waals surface area (Å²) in [5, 5.41) is 0. The first-order chi connectivity index (χ1) is 13.9. The molecule has 0 amide bonds. The Labute approximate surface area is 178 Å². The molecule has 2 saturated carbocycles. The number of hydrogen-bond donors (Lipinski definition) is 0. The smallest absolute Gasteiger partial charge is 0.0343 e. The van der Waals surface area contributed by atoms with Gasteiger partial charge in [-0.05, 0) is 110 Å². The number of nitrogens with zero attached hydrogens (tertiary/aromatic N) is 1. The first kappa shape index (κ1) is 19.3. The zero-order valence-corrected chi connectivity index (χ0v) is 18.6. The lowest BCUT2D eigenvalue weighted by Gasteiger charge is -2.58. The molecule has 156 valence electrons. The molecule has 1 heterocycles. The molecule has 0 bridgehead atoms. The summed E-state index contributed by atoms with van der Waals surface area (Å²) in [5.74, 6) is 3.38. The van der Waals surface area contributed by atoms with Crippen molar-refractivity contribution in [2.45, 2.75) is 72.1 Å². The fourth-order valence-electron chi connectivity index (χ4n) is 7.94. The lowest BCUT2D eigenvalue weighted by Crippen LogP contribution is -2.49. The minimum Gasteiger partial charge on any atom is -0.264 e. The van der Waals surface area contributed by atoms with Crippen LogP contribution in [0.3, 0.4) is 0 Å². The third-order valence-corrected chi connectivity index (χ3v) is 9.40. The summed E-state index contributed by atoms with van der Waals surface area (Å²) < 4.78 is 0. The molecule has 0 N–H and O–H groups in total. The van der Waals surface area contributed by atoms with Gasteiger partial charge in [0.25, 0.3) is 0 Å². The van der Waals surface area contributed by atoms with E-state index in [1.807, 2.05) is 6.20 Å². The lowest BCUT2D eigenvalue weighted by atomic mass is 9.46. The summed E-state index contributed by atoms with van der Waals surface area (Å²) in [7, 11) is 0. The number of rotatable bonds is 3. The molecule has 0 spiro atoms. The van der Waals surface area contributed by atoms with E-state index in [4.69, 9.17) is 0 Å². The maximum absolute atomic E-state index is 4.42. The maximum Gasteiger partial charge on any atom is 0.0343 e. The summed E-state index contributed by atoms with van der Waals surface area (Å²) in [4.78, 5) is 4.42. The van der Waals surface area contributed by atoms with Crippen molar-refractivity contribution >= 4 is 5.57 Å². The molecule has 29 heavy (non-hydrogen) atoms. The predicted octanol–water partition coefficient (Wildman–Crippen LogP) is 7.87. The summed E-state index contributed by atoms with van der Waals surface area (Å²) in [5.41, 5.74) is 6.89. The highest BCUT2D eigenvalue weighted by Crippen LogP contribution is 2.66. The SMILES string of the molecule is C=C(C)CC1CCC2(C)C(=CCC3C2CCC2(C)C(c4cccnc4)=CCC32)C1.[HH]. The largest absolute Gasteiger partial charge is 0.264 e. The Kier molecular flexibility index (Phi) is 4.64. The molecule has 1 nitrogen and oxygen atoms in total. The average molecular weight is 390 g/mol. The Bertz CT molecular complexity index is 868. The van der Waals surface area contributed by atoms with Gasteiger partial charge in [-0.25, -0.2) is 0 Å². The van der Waals surface area contributed by atoms with Gasteiger partial charge in [-0.3, -0.25) is 4.98 Å². The first-order valence-corrected chi connectivity index (χ1v) is 11.9. The van der Waals surface area contributed by atoms with Crippen LogP contribution in [0.5, 0.6) is 0 Å². The van der Waals surface area contributed by atoms with Crippen LogP contribution in [-0.2, 0) is 0 Å². The van der Waals surface area contributed by atoms with Crippen LogP contribution in [0.25, 0.3) is 5.57 Å². The molecule has 5 rings (SSSR count). The highest BCUT2D eigenvalue weighted by atomic mass is 14.6. The van der Waals surface area contributed by atoms with Gasteiger partial charge in [0.1, 0.15) is 0 Å².